The minimum Gasteiger partial charge on any atom is -0.352 e. The van der Waals surface area contributed by atoms with Gasteiger partial charge in [0.05, 0.1) is 0 Å². The third-order valence-corrected chi connectivity index (χ3v) is 3.10. The second-order valence-electron chi connectivity index (χ2n) is 5.41. The van der Waals surface area contributed by atoms with Gasteiger partial charge < -0.3 is 5.32 Å². The van der Waals surface area contributed by atoms with E-state index in [2.05, 4.69) is 30.6 Å². The molecule has 3 nitrogen and oxygen atoms in total. The van der Waals surface area contributed by atoms with Crippen molar-refractivity contribution in [2.75, 3.05) is 19.6 Å². The number of carbonyl (C=O) groups is 1. The van der Waals surface area contributed by atoms with E-state index in [4.69, 9.17) is 0 Å². The summed E-state index contributed by atoms with van der Waals surface area (Å²) < 4.78 is 0. The molecule has 1 rings (SSSR count). The Bertz CT molecular complexity index is 251. The highest BCUT2D eigenvalue weighted by atomic mass is 16.1. The van der Waals surface area contributed by atoms with Gasteiger partial charge >= 0.3 is 0 Å². The fourth-order valence-electron chi connectivity index (χ4n) is 2.34. The summed E-state index contributed by atoms with van der Waals surface area (Å²) in [5, 5.41) is 3.16. The number of likely N-dealkylation sites (tertiary alicyclic amines) is 1. The maximum Gasteiger partial charge on any atom is 0.220 e. The zero-order valence-corrected chi connectivity index (χ0v) is 11.2. The van der Waals surface area contributed by atoms with Crippen molar-refractivity contribution < 1.29 is 4.79 Å². The van der Waals surface area contributed by atoms with E-state index in [1.54, 1.807) is 0 Å². The Balaban J connectivity index is 2.40. The number of hydrogen-bond donors (Lipinski definition) is 1. The van der Waals surface area contributed by atoms with Crippen molar-refractivity contribution in [3.05, 3.63) is 12.7 Å². The second-order valence-corrected chi connectivity index (χ2v) is 5.41. The van der Waals surface area contributed by atoms with E-state index >= 15 is 0 Å². The van der Waals surface area contributed by atoms with E-state index in [9.17, 15) is 4.79 Å². The highest BCUT2D eigenvalue weighted by Gasteiger charge is 2.19. The molecule has 0 aromatic carbocycles. The Hall–Kier alpha value is -0.830. The first-order valence-corrected chi connectivity index (χ1v) is 6.74. The maximum atomic E-state index is 11.7. The van der Waals surface area contributed by atoms with Gasteiger partial charge in [0.15, 0.2) is 0 Å². The highest BCUT2D eigenvalue weighted by molar-refractivity contribution is 5.76. The molecule has 0 aromatic rings. The van der Waals surface area contributed by atoms with Gasteiger partial charge in [0.25, 0.3) is 0 Å². The summed E-state index contributed by atoms with van der Waals surface area (Å²) in [6.07, 6.45) is 6.12. The first kappa shape index (κ1) is 14.2. The monoisotopic (exact) mass is 238 g/mol. The van der Waals surface area contributed by atoms with Crippen LogP contribution in [-0.4, -0.2) is 36.5 Å². The minimum atomic E-state index is 0.199. The maximum absolute atomic E-state index is 11.7. The standard InChI is InChI=1S/C14H26N2O/c1-4-8-16-9-6-5-7-13(11-16)15-14(17)10-12(2)3/h4,12-13H,1,5-11H2,2-3H3,(H,15,17). The average molecular weight is 238 g/mol. The van der Waals surface area contributed by atoms with Gasteiger partial charge in [-0.3, -0.25) is 9.69 Å². The first-order valence-electron chi connectivity index (χ1n) is 6.74. The summed E-state index contributed by atoms with van der Waals surface area (Å²) in [7, 11) is 0. The van der Waals surface area contributed by atoms with Gasteiger partial charge in [-0.05, 0) is 25.3 Å². The van der Waals surface area contributed by atoms with Crippen molar-refractivity contribution in [3.8, 4) is 0 Å². The number of nitrogens with zero attached hydrogens (tertiary/aromatic N) is 1. The van der Waals surface area contributed by atoms with Crippen LogP contribution in [0.3, 0.4) is 0 Å². The van der Waals surface area contributed by atoms with Gasteiger partial charge in [0, 0.05) is 25.6 Å². The zero-order valence-electron chi connectivity index (χ0n) is 11.2. The Labute approximate surface area is 105 Å². The van der Waals surface area contributed by atoms with E-state index < -0.39 is 0 Å². The smallest absolute Gasteiger partial charge is 0.220 e. The molecule has 0 aliphatic carbocycles. The molecular formula is C14H26N2O. The van der Waals surface area contributed by atoms with Crippen molar-refractivity contribution in [3.63, 3.8) is 0 Å². The van der Waals surface area contributed by atoms with Crippen LogP contribution >= 0.6 is 0 Å². The molecule has 0 spiro atoms. The molecule has 1 aliphatic heterocycles. The molecule has 1 aliphatic rings. The van der Waals surface area contributed by atoms with E-state index in [-0.39, 0.29) is 5.91 Å². The predicted octanol–water partition coefficient (Wildman–Crippen LogP) is 2.19. The van der Waals surface area contributed by atoms with Gasteiger partial charge in [-0.15, -0.1) is 6.58 Å². The second kappa shape index (κ2) is 7.49. The average Bonchev–Trinajstić information content (AvgIpc) is 2.42. The van der Waals surface area contributed by atoms with Crippen LogP contribution in [0.1, 0.15) is 39.5 Å². The third kappa shape index (κ3) is 5.87. The largest absolute Gasteiger partial charge is 0.352 e. The van der Waals surface area contributed by atoms with Crippen molar-refractivity contribution in [1.82, 2.24) is 10.2 Å². The molecule has 0 bridgehead atoms. The summed E-state index contributed by atoms with van der Waals surface area (Å²) in [6.45, 7) is 11.0. The molecule has 98 valence electrons. The summed E-state index contributed by atoms with van der Waals surface area (Å²) in [4.78, 5) is 14.1. The molecule has 1 N–H and O–H groups in total. The number of rotatable bonds is 5. The quantitative estimate of drug-likeness (QED) is 0.745. The van der Waals surface area contributed by atoms with Crippen LogP contribution in [0.5, 0.6) is 0 Å². The molecular weight excluding hydrogens is 212 g/mol. The van der Waals surface area contributed by atoms with E-state index in [0.29, 0.717) is 18.4 Å². The molecule has 0 radical (unpaired) electrons. The van der Waals surface area contributed by atoms with Gasteiger partial charge in [-0.2, -0.15) is 0 Å². The molecule has 17 heavy (non-hydrogen) atoms. The predicted molar refractivity (Wildman–Crippen MR) is 71.9 cm³/mol. The molecule has 1 heterocycles. The van der Waals surface area contributed by atoms with Gasteiger partial charge in [-0.25, -0.2) is 0 Å². The van der Waals surface area contributed by atoms with Crippen molar-refractivity contribution in [2.45, 2.75) is 45.6 Å². The molecule has 3 heteroatoms. The summed E-state index contributed by atoms with van der Waals surface area (Å²) in [5.41, 5.74) is 0. The van der Waals surface area contributed by atoms with Crippen molar-refractivity contribution >= 4 is 5.91 Å². The van der Waals surface area contributed by atoms with Crippen LogP contribution in [0.15, 0.2) is 12.7 Å². The molecule has 1 unspecified atom stereocenters. The van der Waals surface area contributed by atoms with Gasteiger partial charge in [0.2, 0.25) is 5.91 Å². The summed E-state index contributed by atoms with van der Waals surface area (Å²) in [5.74, 6) is 0.635. The normalized spacial score (nSPS) is 22.2. The molecule has 1 fully saturated rings. The summed E-state index contributed by atoms with van der Waals surface area (Å²) in [6, 6.07) is 0.323. The lowest BCUT2D eigenvalue weighted by molar-refractivity contribution is -0.122. The van der Waals surface area contributed by atoms with Crippen LogP contribution in [0.4, 0.5) is 0 Å². The Morgan fingerprint density at radius 1 is 1.53 bits per heavy atom. The van der Waals surface area contributed by atoms with E-state index in [1.807, 2.05) is 6.08 Å². The van der Waals surface area contributed by atoms with E-state index in [1.165, 1.54) is 12.8 Å². The molecule has 1 saturated heterocycles. The zero-order chi connectivity index (χ0) is 12.7. The Morgan fingerprint density at radius 3 is 2.94 bits per heavy atom. The lowest BCUT2D eigenvalue weighted by Crippen LogP contribution is -2.42. The van der Waals surface area contributed by atoms with Crippen LogP contribution in [0.2, 0.25) is 0 Å². The minimum absolute atomic E-state index is 0.199. The SMILES string of the molecule is C=CCN1CCCCC(NC(=O)CC(C)C)C1. The number of amides is 1. The van der Waals surface area contributed by atoms with Crippen LogP contribution in [0, 0.1) is 5.92 Å². The fourth-order valence-corrected chi connectivity index (χ4v) is 2.34. The topological polar surface area (TPSA) is 32.3 Å². The Kier molecular flexibility index (Phi) is 6.27. The van der Waals surface area contributed by atoms with Crippen LogP contribution in [0.25, 0.3) is 0 Å². The number of hydrogen-bond acceptors (Lipinski definition) is 2. The molecule has 1 amide bonds. The lowest BCUT2D eigenvalue weighted by Gasteiger charge is -2.24. The van der Waals surface area contributed by atoms with Crippen molar-refractivity contribution in [1.29, 1.82) is 0 Å². The molecule has 0 aromatic heterocycles. The van der Waals surface area contributed by atoms with Crippen LogP contribution in [-0.2, 0) is 4.79 Å². The highest BCUT2D eigenvalue weighted by Crippen LogP contribution is 2.11. The van der Waals surface area contributed by atoms with Gasteiger partial charge in [-0.1, -0.05) is 26.3 Å². The summed E-state index contributed by atoms with van der Waals surface area (Å²) >= 11 is 0. The lowest BCUT2D eigenvalue weighted by atomic mass is 10.1. The molecule has 1 atom stereocenters. The van der Waals surface area contributed by atoms with Gasteiger partial charge in [0.1, 0.15) is 0 Å². The first-order chi connectivity index (χ1) is 8.11. The van der Waals surface area contributed by atoms with E-state index in [0.717, 1.165) is 26.1 Å². The van der Waals surface area contributed by atoms with Crippen molar-refractivity contribution in [2.24, 2.45) is 5.92 Å². The fraction of sp³-hybridized carbons (Fsp3) is 0.786. The van der Waals surface area contributed by atoms with Crippen LogP contribution < -0.4 is 5.32 Å². The number of carbonyl (C=O) groups excluding carboxylic acids is 1. The Morgan fingerprint density at radius 2 is 2.29 bits per heavy atom. The molecule has 0 saturated carbocycles. The number of nitrogens with one attached hydrogen (secondary N) is 1. The third-order valence-electron chi connectivity index (χ3n) is 3.10.